The summed E-state index contributed by atoms with van der Waals surface area (Å²) in [5.74, 6) is 0.444. The number of thioether (sulfide) groups is 1. The fourth-order valence-corrected chi connectivity index (χ4v) is 3.43. The number of benzene rings is 2. The second-order valence-corrected chi connectivity index (χ2v) is 7.41. The lowest BCUT2D eigenvalue weighted by molar-refractivity contribution is -0.127. The highest BCUT2D eigenvalue weighted by molar-refractivity contribution is 9.10. The van der Waals surface area contributed by atoms with Crippen LogP contribution in [0.25, 0.3) is 11.3 Å². The van der Waals surface area contributed by atoms with Crippen molar-refractivity contribution in [1.82, 2.24) is 9.88 Å². The number of oxazole rings is 1. The minimum absolute atomic E-state index is 0.0210. The van der Waals surface area contributed by atoms with E-state index in [4.69, 9.17) is 4.42 Å². The number of carbonyl (C=O) groups excluding carboxylic acids is 1. The molecule has 26 heavy (non-hydrogen) atoms. The molecular weight excluding hydrogens is 419 g/mol. The van der Waals surface area contributed by atoms with E-state index in [1.54, 1.807) is 30.3 Å². The molecule has 0 saturated carbocycles. The average molecular weight is 435 g/mol. The van der Waals surface area contributed by atoms with Crippen molar-refractivity contribution in [2.75, 3.05) is 12.8 Å². The highest BCUT2D eigenvalue weighted by Crippen LogP contribution is 2.26. The van der Waals surface area contributed by atoms with Gasteiger partial charge in [0, 0.05) is 23.6 Å². The summed E-state index contributed by atoms with van der Waals surface area (Å²) in [7, 11) is 1.77. The van der Waals surface area contributed by atoms with Crippen molar-refractivity contribution in [3.63, 3.8) is 0 Å². The van der Waals surface area contributed by atoms with Gasteiger partial charge in [0.25, 0.3) is 5.22 Å². The highest BCUT2D eigenvalue weighted by atomic mass is 79.9. The Bertz CT molecular complexity index is 899. The summed E-state index contributed by atoms with van der Waals surface area (Å²) in [4.78, 5) is 18.2. The van der Waals surface area contributed by atoms with E-state index >= 15 is 0 Å². The minimum atomic E-state index is -0.304. The van der Waals surface area contributed by atoms with Crippen LogP contribution in [0.2, 0.25) is 0 Å². The van der Waals surface area contributed by atoms with Gasteiger partial charge in [-0.05, 0) is 35.9 Å². The second-order valence-electron chi connectivity index (χ2n) is 5.63. The molecule has 1 amide bonds. The summed E-state index contributed by atoms with van der Waals surface area (Å²) >= 11 is 4.72. The number of nitrogens with zero attached hydrogens (tertiary/aromatic N) is 2. The Balaban J connectivity index is 1.56. The second kappa shape index (κ2) is 8.51. The van der Waals surface area contributed by atoms with Gasteiger partial charge in [0.15, 0.2) is 5.76 Å². The predicted octanol–water partition coefficient (Wildman–Crippen LogP) is 4.99. The monoisotopic (exact) mass is 434 g/mol. The first-order valence-electron chi connectivity index (χ1n) is 7.85. The minimum Gasteiger partial charge on any atom is -0.431 e. The predicted molar refractivity (Wildman–Crippen MR) is 103 cm³/mol. The molecule has 3 aromatic rings. The summed E-state index contributed by atoms with van der Waals surface area (Å²) in [6, 6.07) is 13.8. The van der Waals surface area contributed by atoms with Crippen LogP contribution < -0.4 is 0 Å². The SMILES string of the molecule is CN(Cc1ccccc1Br)C(=O)CSc1ncc(-c2ccc(F)cc2)o1. The summed E-state index contributed by atoms with van der Waals surface area (Å²) in [5.41, 5.74) is 1.78. The van der Waals surface area contributed by atoms with Gasteiger partial charge in [0.1, 0.15) is 5.82 Å². The van der Waals surface area contributed by atoms with Crippen molar-refractivity contribution in [1.29, 1.82) is 0 Å². The van der Waals surface area contributed by atoms with Gasteiger partial charge in [0.2, 0.25) is 5.91 Å². The molecule has 0 aliphatic rings. The van der Waals surface area contributed by atoms with Crippen molar-refractivity contribution in [2.24, 2.45) is 0 Å². The summed E-state index contributed by atoms with van der Waals surface area (Å²) in [5, 5.41) is 0.409. The smallest absolute Gasteiger partial charge is 0.256 e. The number of hydrogen-bond donors (Lipinski definition) is 0. The highest BCUT2D eigenvalue weighted by Gasteiger charge is 2.14. The average Bonchev–Trinajstić information content (AvgIpc) is 3.11. The number of carbonyl (C=O) groups is 1. The largest absolute Gasteiger partial charge is 0.431 e. The van der Waals surface area contributed by atoms with Crippen molar-refractivity contribution in [3.05, 3.63) is 70.6 Å². The summed E-state index contributed by atoms with van der Waals surface area (Å²) < 4.78 is 19.6. The Kier molecular flexibility index (Phi) is 6.11. The molecule has 0 unspecified atom stereocenters. The fraction of sp³-hybridized carbons (Fsp3) is 0.158. The van der Waals surface area contributed by atoms with E-state index in [0.29, 0.717) is 17.5 Å². The van der Waals surface area contributed by atoms with Gasteiger partial charge >= 0.3 is 0 Å². The Morgan fingerprint density at radius 1 is 1.23 bits per heavy atom. The first kappa shape index (κ1) is 18.7. The molecule has 3 rings (SSSR count). The van der Waals surface area contributed by atoms with Crippen LogP contribution in [0.5, 0.6) is 0 Å². The Morgan fingerprint density at radius 2 is 1.96 bits per heavy atom. The molecule has 134 valence electrons. The molecule has 0 radical (unpaired) electrons. The number of rotatable bonds is 6. The van der Waals surface area contributed by atoms with E-state index in [1.807, 2.05) is 24.3 Å². The maximum absolute atomic E-state index is 13.0. The molecule has 0 atom stereocenters. The van der Waals surface area contributed by atoms with Gasteiger partial charge in [0.05, 0.1) is 11.9 Å². The third-order valence-electron chi connectivity index (χ3n) is 3.72. The Labute approximate surface area is 163 Å². The van der Waals surface area contributed by atoms with Crippen LogP contribution in [0.3, 0.4) is 0 Å². The Morgan fingerprint density at radius 3 is 2.69 bits per heavy atom. The molecule has 1 heterocycles. The standard InChI is InChI=1S/C19H16BrFN2O2S/c1-23(11-14-4-2-3-5-16(14)20)18(24)12-26-19-22-10-17(25-19)13-6-8-15(21)9-7-13/h2-10H,11-12H2,1H3. The van der Waals surface area contributed by atoms with E-state index in [2.05, 4.69) is 20.9 Å². The van der Waals surface area contributed by atoms with E-state index in [0.717, 1.165) is 15.6 Å². The van der Waals surface area contributed by atoms with E-state index in [-0.39, 0.29) is 17.5 Å². The van der Waals surface area contributed by atoms with Gasteiger partial charge in [-0.25, -0.2) is 9.37 Å². The van der Waals surface area contributed by atoms with Crippen molar-refractivity contribution in [3.8, 4) is 11.3 Å². The molecule has 0 aliphatic heterocycles. The third kappa shape index (κ3) is 4.74. The zero-order valence-corrected chi connectivity index (χ0v) is 16.4. The van der Waals surface area contributed by atoms with Crippen LogP contribution in [0.15, 0.2) is 68.8 Å². The van der Waals surface area contributed by atoms with Crippen LogP contribution in [0, 0.1) is 5.82 Å². The number of aromatic nitrogens is 1. The van der Waals surface area contributed by atoms with Crippen molar-refractivity contribution < 1.29 is 13.6 Å². The zero-order chi connectivity index (χ0) is 18.5. The third-order valence-corrected chi connectivity index (χ3v) is 5.32. The van der Waals surface area contributed by atoms with E-state index in [1.165, 1.54) is 23.9 Å². The van der Waals surface area contributed by atoms with E-state index < -0.39 is 0 Å². The maximum atomic E-state index is 13.0. The number of halogens is 2. The molecule has 4 nitrogen and oxygen atoms in total. The van der Waals surface area contributed by atoms with Gasteiger partial charge in [-0.2, -0.15) is 0 Å². The fourth-order valence-electron chi connectivity index (χ4n) is 2.28. The summed E-state index contributed by atoms with van der Waals surface area (Å²) in [6.07, 6.45) is 1.57. The topological polar surface area (TPSA) is 46.3 Å². The molecule has 0 saturated heterocycles. The molecule has 0 N–H and O–H groups in total. The summed E-state index contributed by atoms with van der Waals surface area (Å²) in [6.45, 7) is 0.521. The van der Waals surface area contributed by atoms with Gasteiger partial charge in [-0.1, -0.05) is 45.9 Å². The lowest BCUT2D eigenvalue weighted by atomic mass is 10.2. The number of amides is 1. The first-order chi connectivity index (χ1) is 12.5. The Hall–Kier alpha value is -2.12. The van der Waals surface area contributed by atoms with Crippen LogP contribution in [-0.2, 0) is 11.3 Å². The lowest BCUT2D eigenvalue weighted by Crippen LogP contribution is -2.27. The van der Waals surface area contributed by atoms with Crippen molar-refractivity contribution >= 4 is 33.6 Å². The van der Waals surface area contributed by atoms with Gasteiger partial charge in [-0.15, -0.1) is 0 Å². The maximum Gasteiger partial charge on any atom is 0.256 e. The van der Waals surface area contributed by atoms with Crippen LogP contribution in [0.1, 0.15) is 5.56 Å². The molecule has 0 spiro atoms. The molecule has 0 bridgehead atoms. The first-order valence-corrected chi connectivity index (χ1v) is 9.63. The van der Waals surface area contributed by atoms with Crippen LogP contribution in [-0.4, -0.2) is 28.6 Å². The quantitative estimate of drug-likeness (QED) is 0.512. The number of hydrogen-bond acceptors (Lipinski definition) is 4. The van der Waals surface area contributed by atoms with Gasteiger partial charge < -0.3 is 9.32 Å². The van der Waals surface area contributed by atoms with Crippen molar-refractivity contribution in [2.45, 2.75) is 11.8 Å². The molecular formula is C19H16BrFN2O2S. The van der Waals surface area contributed by atoms with Gasteiger partial charge in [-0.3, -0.25) is 4.79 Å². The zero-order valence-electron chi connectivity index (χ0n) is 14.0. The lowest BCUT2D eigenvalue weighted by Gasteiger charge is -2.17. The molecule has 0 aliphatic carbocycles. The van der Waals surface area contributed by atoms with Crippen LogP contribution >= 0.6 is 27.7 Å². The van der Waals surface area contributed by atoms with Crippen LogP contribution in [0.4, 0.5) is 4.39 Å². The van der Waals surface area contributed by atoms with E-state index in [9.17, 15) is 9.18 Å². The molecule has 7 heteroatoms. The molecule has 1 aromatic heterocycles. The normalized spacial score (nSPS) is 10.7. The molecule has 0 fully saturated rings. The molecule has 2 aromatic carbocycles.